The lowest BCUT2D eigenvalue weighted by atomic mass is 9.96. The third kappa shape index (κ3) is 3.71. The van der Waals surface area contributed by atoms with Gasteiger partial charge in [0.1, 0.15) is 12.4 Å². The molecule has 0 unspecified atom stereocenters. The summed E-state index contributed by atoms with van der Waals surface area (Å²) in [6, 6.07) is 9.69. The van der Waals surface area contributed by atoms with Crippen LogP contribution in [-0.4, -0.2) is 36.9 Å². The van der Waals surface area contributed by atoms with Gasteiger partial charge in [0.2, 0.25) is 0 Å². The molecule has 2 saturated heterocycles. The van der Waals surface area contributed by atoms with Crippen molar-refractivity contribution in [1.82, 2.24) is 10.6 Å². The first-order valence-electron chi connectivity index (χ1n) is 8.15. The largest absolute Gasteiger partial charge is 0.491 e. The van der Waals surface area contributed by atoms with Crippen LogP contribution in [0.3, 0.4) is 0 Å². The molecule has 1 aromatic rings. The Morgan fingerprint density at radius 1 is 1.36 bits per heavy atom. The lowest BCUT2D eigenvalue weighted by molar-refractivity contribution is 0.0979. The van der Waals surface area contributed by atoms with Crippen LogP contribution in [-0.2, 0) is 4.74 Å². The zero-order chi connectivity index (χ0) is 15.4. The van der Waals surface area contributed by atoms with Crippen molar-refractivity contribution in [3.05, 3.63) is 30.3 Å². The van der Waals surface area contributed by atoms with Crippen molar-refractivity contribution in [2.24, 2.45) is 0 Å². The molecule has 0 spiro atoms. The summed E-state index contributed by atoms with van der Waals surface area (Å²) in [4.78, 5) is 12.1. The highest BCUT2D eigenvalue weighted by atomic mass is 16.5. The minimum Gasteiger partial charge on any atom is -0.491 e. The number of hydrogen-bond acceptors (Lipinski definition) is 3. The number of amides is 2. The van der Waals surface area contributed by atoms with Crippen molar-refractivity contribution in [2.45, 2.75) is 56.9 Å². The Morgan fingerprint density at radius 3 is 2.82 bits per heavy atom. The molecule has 22 heavy (non-hydrogen) atoms. The van der Waals surface area contributed by atoms with Gasteiger partial charge in [0.15, 0.2) is 0 Å². The molecule has 0 radical (unpaired) electrons. The van der Waals surface area contributed by atoms with Crippen LogP contribution >= 0.6 is 0 Å². The maximum absolute atomic E-state index is 12.1. The van der Waals surface area contributed by atoms with Crippen molar-refractivity contribution in [2.75, 3.05) is 6.61 Å². The number of urea groups is 1. The third-order valence-corrected chi connectivity index (χ3v) is 4.44. The molecule has 120 valence electrons. The van der Waals surface area contributed by atoms with Crippen LogP contribution in [0, 0.1) is 0 Å². The predicted molar refractivity (Wildman–Crippen MR) is 84.0 cm³/mol. The fourth-order valence-electron chi connectivity index (χ4n) is 3.16. The Kier molecular flexibility index (Phi) is 4.83. The summed E-state index contributed by atoms with van der Waals surface area (Å²) in [5.41, 5.74) is 0. The molecular formula is C17H24N2O3. The average molecular weight is 304 g/mol. The summed E-state index contributed by atoms with van der Waals surface area (Å²) in [7, 11) is 0. The van der Waals surface area contributed by atoms with Gasteiger partial charge < -0.3 is 20.1 Å². The van der Waals surface area contributed by atoms with E-state index in [1.165, 1.54) is 0 Å². The van der Waals surface area contributed by atoms with Gasteiger partial charge in [0.25, 0.3) is 0 Å². The highest BCUT2D eigenvalue weighted by Crippen LogP contribution is 2.34. The fraction of sp³-hybridized carbons (Fsp3) is 0.588. The Balaban J connectivity index is 1.42. The van der Waals surface area contributed by atoms with E-state index in [1.54, 1.807) is 0 Å². The average Bonchev–Trinajstić information content (AvgIpc) is 3.15. The minimum atomic E-state index is -0.121. The highest BCUT2D eigenvalue weighted by molar-refractivity contribution is 5.74. The van der Waals surface area contributed by atoms with E-state index in [-0.39, 0.29) is 24.2 Å². The van der Waals surface area contributed by atoms with E-state index < -0.39 is 0 Å². The number of fused-ring (bicyclic) bond motifs is 2. The van der Waals surface area contributed by atoms with E-state index in [1.807, 2.05) is 37.3 Å². The van der Waals surface area contributed by atoms with Gasteiger partial charge in [0.05, 0.1) is 24.3 Å². The standard InChI is InChI=1S/C17H24N2O3/c1-2-12(11-21-13-6-4-3-5-7-13)18-17(20)19-15-10-14-8-9-16(15)22-14/h3-7,12,14-16H,2,8-11H2,1H3,(H2,18,19,20)/t12-,14-,15+,16-/m1/s1. The number of nitrogens with one attached hydrogen (secondary N) is 2. The van der Waals surface area contributed by atoms with Gasteiger partial charge >= 0.3 is 6.03 Å². The van der Waals surface area contributed by atoms with E-state index in [9.17, 15) is 4.79 Å². The number of hydrogen-bond donors (Lipinski definition) is 2. The number of carbonyl (C=O) groups excluding carboxylic acids is 1. The van der Waals surface area contributed by atoms with Crippen molar-refractivity contribution in [3.8, 4) is 5.75 Å². The van der Waals surface area contributed by atoms with Crippen molar-refractivity contribution < 1.29 is 14.3 Å². The maximum atomic E-state index is 12.1. The molecule has 1 aromatic carbocycles. The zero-order valence-corrected chi connectivity index (χ0v) is 13.0. The molecule has 0 aromatic heterocycles. The lowest BCUT2D eigenvalue weighted by Gasteiger charge is -2.23. The third-order valence-electron chi connectivity index (χ3n) is 4.44. The monoisotopic (exact) mass is 304 g/mol. The number of benzene rings is 1. The van der Waals surface area contributed by atoms with Crippen LogP contribution in [0.15, 0.2) is 30.3 Å². The first-order chi connectivity index (χ1) is 10.7. The van der Waals surface area contributed by atoms with Gasteiger partial charge in [-0.25, -0.2) is 4.79 Å². The molecule has 2 heterocycles. The van der Waals surface area contributed by atoms with Crippen LogP contribution in [0.1, 0.15) is 32.6 Å². The first-order valence-corrected chi connectivity index (χ1v) is 8.15. The van der Waals surface area contributed by atoms with E-state index in [4.69, 9.17) is 9.47 Å². The normalized spacial score (nSPS) is 27.4. The molecule has 0 aliphatic carbocycles. The van der Waals surface area contributed by atoms with Crippen LogP contribution in [0.25, 0.3) is 0 Å². The van der Waals surface area contributed by atoms with Crippen LogP contribution < -0.4 is 15.4 Å². The molecule has 5 nitrogen and oxygen atoms in total. The molecule has 2 aliphatic heterocycles. The summed E-state index contributed by atoms with van der Waals surface area (Å²) >= 11 is 0. The molecule has 2 N–H and O–H groups in total. The minimum absolute atomic E-state index is 0.000264. The van der Waals surface area contributed by atoms with Gasteiger partial charge in [-0.15, -0.1) is 0 Å². The fourth-order valence-corrected chi connectivity index (χ4v) is 3.16. The van der Waals surface area contributed by atoms with Crippen molar-refractivity contribution in [3.63, 3.8) is 0 Å². The second-order valence-electron chi connectivity index (χ2n) is 6.06. The van der Waals surface area contributed by atoms with E-state index >= 15 is 0 Å². The summed E-state index contributed by atoms with van der Waals surface area (Å²) < 4.78 is 11.5. The van der Waals surface area contributed by atoms with Gasteiger partial charge in [-0.1, -0.05) is 25.1 Å². The molecule has 0 saturated carbocycles. The van der Waals surface area contributed by atoms with Crippen LogP contribution in [0.4, 0.5) is 4.79 Å². The number of rotatable bonds is 6. The number of ether oxygens (including phenoxy) is 2. The summed E-state index contributed by atoms with van der Waals surface area (Å²) in [6.45, 7) is 2.51. The molecule has 3 rings (SSSR count). The van der Waals surface area contributed by atoms with Crippen LogP contribution in [0.2, 0.25) is 0 Å². The Labute approximate surface area is 131 Å². The Bertz CT molecular complexity index is 494. The summed E-state index contributed by atoms with van der Waals surface area (Å²) in [6.07, 6.45) is 4.51. The summed E-state index contributed by atoms with van der Waals surface area (Å²) in [5.74, 6) is 0.824. The molecule has 5 heteroatoms. The van der Waals surface area contributed by atoms with Gasteiger partial charge in [0, 0.05) is 0 Å². The van der Waals surface area contributed by atoms with Gasteiger partial charge in [-0.3, -0.25) is 0 Å². The van der Waals surface area contributed by atoms with Crippen molar-refractivity contribution in [1.29, 1.82) is 0 Å². The van der Waals surface area contributed by atoms with E-state index in [0.717, 1.165) is 31.4 Å². The molecule has 2 fully saturated rings. The second-order valence-corrected chi connectivity index (χ2v) is 6.06. The number of carbonyl (C=O) groups is 1. The Morgan fingerprint density at radius 2 is 2.18 bits per heavy atom. The van der Waals surface area contributed by atoms with Crippen LogP contribution in [0.5, 0.6) is 5.75 Å². The lowest BCUT2D eigenvalue weighted by Crippen LogP contribution is -2.50. The molecular weight excluding hydrogens is 280 g/mol. The smallest absolute Gasteiger partial charge is 0.315 e. The molecule has 4 atom stereocenters. The molecule has 2 aliphatic rings. The van der Waals surface area contributed by atoms with E-state index in [2.05, 4.69) is 10.6 Å². The quantitative estimate of drug-likeness (QED) is 0.849. The molecule has 2 amide bonds. The second kappa shape index (κ2) is 7.01. The maximum Gasteiger partial charge on any atom is 0.315 e. The summed E-state index contributed by atoms with van der Waals surface area (Å²) in [5, 5.41) is 6.04. The van der Waals surface area contributed by atoms with Gasteiger partial charge in [-0.2, -0.15) is 0 Å². The highest BCUT2D eigenvalue weighted by Gasteiger charge is 2.41. The van der Waals surface area contributed by atoms with Gasteiger partial charge in [-0.05, 0) is 37.8 Å². The Hall–Kier alpha value is -1.75. The molecule has 2 bridgehead atoms. The topological polar surface area (TPSA) is 59.6 Å². The zero-order valence-electron chi connectivity index (χ0n) is 13.0. The van der Waals surface area contributed by atoms with Crippen molar-refractivity contribution >= 4 is 6.03 Å². The van der Waals surface area contributed by atoms with E-state index in [0.29, 0.717) is 12.7 Å². The number of para-hydroxylation sites is 1. The first kappa shape index (κ1) is 15.2. The SMILES string of the molecule is CC[C@H](COc1ccccc1)NC(=O)N[C@H]1C[C@H]2CC[C@H]1O2. The predicted octanol–water partition coefficient (Wildman–Crippen LogP) is 2.46.